The van der Waals surface area contributed by atoms with Gasteiger partial charge in [-0.2, -0.15) is 0 Å². The third-order valence-corrected chi connectivity index (χ3v) is 6.30. The molecule has 5 nitrogen and oxygen atoms in total. The number of ether oxygens (including phenoxy) is 1. The van der Waals surface area contributed by atoms with E-state index >= 15 is 0 Å². The standard InChI is InChI=1S/C27H20BrNO4/c1-15-12-20(28)26(32-14-17-8-4-3-5-9-17)23-19(27(30)31)13-21(29-24(15)23)25-16(2)18-10-6-7-11-22(18)33-25/h3-13H,14H2,1-2H3,(H,30,31). The number of aryl methyl sites for hydroxylation is 2. The molecule has 5 rings (SSSR count). The van der Waals surface area contributed by atoms with E-state index in [0.717, 1.165) is 27.7 Å². The molecule has 2 heterocycles. The summed E-state index contributed by atoms with van der Waals surface area (Å²) in [6, 6.07) is 20.9. The Hall–Kier alpha value is -3.64. The van der Waals surface area contributed by atoms with Crippen LogP contribution in [0.15, 0.2) is 75.6 Å². The predicted molar refractivity (Wildman–Crippen MR) is 132 cm³/mol. The first-order valence-corrected chi connectivity index (χ1v) is 11.3. The Labute approximate surface area is 198 Å². The number of pyridine rings is 1. The highest BCUT2D eigenvalue weighted by Crippen LogP contribution is 2.41. The van der Waals surface area contributed by atoms with E-state index in [0.29, 0.717) is 39.2 Å². The molecule has 0 spiro atoms. The topological polar surface area (TPSA) is 72.6 Å². The van der Waals surface area contributed by atoms with E-state index in [2.05, 4.69) is 15.9 Å². The van der Waals surface area contributed by atoms with Crippen LogP contribution in [0.3, 0.4) is 0 Å². The summed E-state index contributed by atoms with van der Waals surface area (Å²) >= 11 is 3.56. The largest absolute Gasteiger partial charge is 0.487 e. The van der Waals surface area contributed by atoms with Crippen LogP contribution in [0.5, 0.6) is 5.75 Å². The van der Waals surface area contributed by atoms with Gasteiger partial charge in [-0.1, -0.05) is 48.5 Å². The van der Waals surface area contributed by atoms with Crippen molar-refractivity contribution < 1.29 is 19.1 Å². The second kappa shape index (κ2) is 8.37. The molecular formula is C27H20BrNO4. The number of carboxylic acids is 1. The lowest BCUT2D eigenvalue weighted by Crippen LogP contribution is -2.05. The van der Waals surface area contributed by atoms with Crippen molar-refractivity contribution in [3.8, 4) is 17.2 Å². The molecular weight excluding hydrogens is 482 g/mol. The van der Waals surface area contributed by atoms with E-state index in [1.165, 1.54) is 0 Å². The van der Waals surface area contributed by atoms with Crippen molar-refractivity contribution in [3.05, 3.63) is 93.5 Å². The minimum absolute atomic E-state index is 0.113. The van der Waals surface area contributed by atoms with Crippen LogP contribution in [0.1, 0.15) is 27.0 Å². The summed E-state index contributed by atoms with van der Waals surface area (Å²) in [7, 11) is 0. The number of rotatable bonds is 5. The predicted octanol–water partition coefficient (Wildman–Crippen LogP) is 7.30. The fourth-order valence-corrected chi connectivity index (χ4v) is 4.73. The maximum Gasteiger partial charge on any atom is 0.336 e. The number of hydrogen-bond acceptors (Lipinski definition) is 4. The molecule has 33 heavy (non-hydrogen) atoms. The van der Waals surface area contributed by atoms with Crippen LogP contribution in [0.2, 0.25) is 0 Å². The van der Waals surface area contributed by atoms with Crippen molar-refractivity contribution in [2.75, 3.05) is 0 Å². The van der Waals surface area contributed by atoms with Gasteiger partial charge in [-0.3, -0.25) is 0 Å². The lowest BCUT2D eigenvalue weighted by atomic mass is 10.0. The molecule has 1 N–H and O–H groups in total. The third kappa shape index (κ3) is 3.76. The molecule has 0 saturated heterocycles. The Balaban J connectivity index is 1.72. The summed E-state index contributed by atoms with van der Waals surface area (Å²) in [5.74, 6) is -0.0358. The van der Waals surface area contributed by atoms with Crippen molar-refractivity contribution in [3.63, 3.8) is 0 Å². The number of furan rings is 1. The molecule has 164 valence electrons. The van der Waals surface area contributed by atoms with Crippen LogP contribution in [-0.4, -0.2) is 16.1 Å². The molecule has 0 atom stereocenters. The highest BCUT2D eigenvalue weighted by atomic mass is 79.9. The number of hydrogen-bond donors (Lipinski definition) is 1. The van der Waals surface area contributed by atoms with Gasteiger partial charge in [-0.05, 0) is 59.1 Å². The molecule has 0 radical (unpaired) electrons. The van der Waals surface area contributed by atoms with E-state index in [1.54, 1.807) is 6.07 Å². The first-order chi connectivity index (χ1) is 15.9. The molecule has 0 fully saturated rings. The van der Waals surface area contributed by atoms with Crippen LogP contribution in [0.25, 0.3) is 33.3 Å². The first-order valence-electron chi connectivity index (χ1n) is 10.5. The number of fused-ring (bicyclic) bond motifs is 2. The number of aromatic nitrogens is 1. The summed E-state index contributed by atoms with van der Waals surface area (Å²) < 4.78 is 12.9. The Bertz CT molecular complexity index is 1520. The van der Waals surface area contributed by atoms with E-state index in [1.807, 2.05) is 74.5 Å². The summed E-state index contributed by atoms with van der Waals surface area (Å²) in [6.45, 7) is 4.17. The van der Waals surface area contributed by atoms with Gasteiger partial charge in [-0.15, -0.1) is 0 Å². The molecule has 2 aromatic heterocycles. The molecule has 5 aromatic rings. The lowest BCUT2D eigenvalue weighted by molar-refractivity contribution is 0.0698. The van der Waals surface area contributed by atoms with Crippen LogP contribution < -0.4 is 4.74 Å². The number of carboxylic acid groups (broad SMARTS) is 1. The summed E-state index contributed by atoms with van der Waals surface area (Å²) in [5.41, 5.74) is 4.64. The second-order valence-electron chi connectivity index (χ2n) is 7.91. The molecule has 3 aromatic carbocycles. The van der Waals surface area contributed by atoms with Crippen molar-refractivity contribution in [1.29, 1.82) is 0 Å². The van der Waals surface area contributed by atoms with Gasteiger partial charge in [0, 0.05) is 10.9 Å². The van der Waals surface area contributed by atoms with Gasteiger partial charge in [0.05, 0.1) is 20.9 Å². The van der Waals surface area contributed by atoms with Crippen molar-refractivity contribution in [1.82, 2.24) is 4.98 Å². The highest BCUT2D eigenvalue weighted by molar-refractivity contribution is 9.10. The maximum absolute atomic E-state index is 12.4. The first kappa shape index (κ1) is 21.2. The van der Waals surface area contributed by atoms with E-state index in [4.69, 9.17) is 14.1 Å². The number of nitrogens with zero attached hydrogens (tertiary/aromatic N) is 1. The van der Waals surface area contributed by atoms with E-state index in [-0.39, 0.29) is 5.56 Å². The van der Waals surface area contributed by atoms with Crippen LogP contribution >= 0.6 is 15.9 Å². The molecule has 0 aliphatic rings. The van der Waals surface area contributed by atoms with E-state index in [9.17, 15) is 9.90 Å². The van der Waals surface area contributed by atoms with Crippen molar-refractivity contribution >= 4 is 43.8 Å². The molecule has 0 bridgehead atoms. The molecule has 0 unspecified atom stereocenters. The summed E-state index contributed by atoms with van der Waals surface area (Å²) in [6.07, 6.45) is 0. The van der Waals surface area contributed by atoms with Gasteiger partial charge in [0.1, 0.15) is 23.6 Å². The Morgan fingerprint density at radius 1 is 1.06 bits per heavy atom. The zero-order chi connectivity index (χ0) is 23.1. The number of benzene rings is 3. The summed E-state index contributed by atoms with van der Waals surface area (Å²) in [5, 5.41) is 11.6. The molecule has 0 saturated carbocycles. The van der Waals surface area contributed by atoms with E-state index < -0.39 is 5.97 Å². The number of carbonyl (C=O) groups is 1. The number of halogens is 1. The third-order valence-electron chi connectivity index (χ3n) is 5.71. The fraction of sp³-hybridized carbons (Fsp3) is 0.111. The normalized spacial score (nSPS) is 11.2. The van der Waals surface area contributed by atoms with Gasteiger partial charge in [0.2, 0.25) is 0 Å². The minimum atomic E-state index is -1.06. The van der Waals surface area contributed by atoms with Crippen LogP contribution in [0.4, 0.5) is 0 Å². The Morgan fingerprint density at radius 3 is 2.52 bits per heavy atom. The van der Waals surface area contributed by atoms with Gasteiger partial charge >= 0.3 is 5.97 Å². The molecule has 0 aliphatic carbocycles. The lowest BCUT2D eigenvalue weighted by Gasteiger charge is -2.16. The monoisotopic (exact) mass is 501 g/mol. The fourth-order valence-electron chi connectivity index (χ4n) is 4.08. The number of para-hydroxylation sites is 1. The van der Waals surface area contributed by atoms with Crippen molar-refractivity contribution in [2.24, 2.45) is 0 Å². The zero-order valence-corrected chi connectivity index (χ0v) is 19.6. The molecule has 0 aliphatic heterocycles. The van der Waals surface area contributed by atoms with Gasteiger partial charge in [0.15, 0.2) is 5.76 Å². The Kier molecular flexibility index (Phi) is 5.38. The van der Waals surface area contributed by atoms with Gasteiger partial charge in [0.25, 0.3) is 0 Å². The van der Waals surface area contributed by atoms with Crippen molar-refractivity contribution in [2.45, 2.75) is 20.5 Å². The average molecular weight is 502 g/mol. The average Bonchev–Trinajstić information content (AvgIpc) is 3.15. The zero-order valence-electron chi connectivity index (χ0n) is 18.1. The maximum atomic E-state index is 12.4. The van der Waals surface area contributed by atoms with Gasteiger partial charge in [-0.25, -0.2) is 9.78 Å². The van der Waals surface area contributed by atoms with Crippen LogP contribution in [-0.2, 0) is 6.61 Å². The number of aromatic carboxylic acids is 1. The van der Waals surface area contributed by atoms with Gasteiger partial charge < -0.3 is 14.3 Å². The van der Waals surface area contributed by atoms with Crippen LogP contribution in [0, 0.1) is 13.8 Å². The molecule has 0 amide bonds. The highest BCUT2D eigenvalue weighted by Gasteiger charge is 2.23. The Morgan fingerprint density at radius 2 is 1.79 bits per heavy atom. The quantitative estimate of drug-likeness (QED) is 0.273. The minimum Gasteiger partial charge on any atom is -0.487 e. The SMILES string of the molecule is Cc1c(-c2cc(C(=O)O)c3c(OCc4ccccc4)c(Br)cc(C)c3n2)oc2ccccc12. The molecule has 6 heteroatoms. The second-order valence-corrected chi connectivity index (χ2v) is 8.77. The summed E-state index contributed by atoms with van der Waals surface area (Å²) in [4.78, 5) is 17.2. The smallest absolute Gasteiger partial charge is 0.336 e.